The third-order valence-electron chi connectivity index (χ3n) is 3.87. The number of ether oxygens (including phenoxy) is 1. The van der Waals surface area contributed by atoms with Crippen molar-refractivity contribution in [2.45, 2.75) is 19.1 Å². The summed E-state index contributed by atoms with van der Waals surface area (Å²) in [5, 5.41) is 17.2. The van der Waals surface area contributed by atoms with Crippen molar-refractivity contribution < 1.29 is 14.6 Å². The minimum Gasteiger partial charge on any atom is -0.447 e. The second-order valence-electron chi connectivity index (χ2n) is 5.26. The maximum Gasteiger partial charge on any atom is 0.410 e. The Bertz CT molecular complexity index is 516. The second kappa shape index (κ2) is 4.09. The van der Waals surface area contributed by atoms with Crippen LogP contribution in [0.15, 0.2) is 0 Å². The lowest BCUT2D eigenvalue weighted by molar-refractivity contribution is 0.147. The standard InChI is InChI=1S/C11H17N5O3/c1-11-6-15(3-4-16(11)10(18)19-7-11)9-13-12-8(5-17)14(9)2/h17H,3-7H2,1-2H3. The van der Waals surface area contributed by atoms with Gasteiger partial charge in [0.05, 0.1) is 5.54 Å². The molecule has 2 saturated heterocycles. The molecule has 0 saturated carbocycles. The normalized spacial score (nSPS) is 26.6. The van der Waals surface area contributed by atoms with Crippen molar-refractivity contribution >= 4 is 12.0 Å². The van der Waals surface area contributed by atoms with Crippen LogP contribution >= 0.6 is 0 Å². The number of carbonyl (C=O) groups excluding carboxylic acids is 1. The molecule has 1 aromatic rings. The molecular weight excluding hydrogens is 250 g/mol. The Morgan fingerprint density at radius 1 is 1.42 bits per heavy atom. The van der Waals surface area contributed by atoms with E-state index in [1.807, 2.05) is 14.0 Å². The van der Waals surface area contributed by atoms with Gasteiger partial charge in [-0.05, 0) is 6.92 Å². The van der Waals surface area contributed by atoms with E-state index < -0.39 is 0 Å². The molecule has 0 aromatic carbocycles. The van der Waals surface area contributed by atoms with Crippen molar-refractivity contribution in [3.63, 3.8) is 0 Å². The average Bonchev–Trinajstić information content (AvgIpc) is 2.90. The van der Waals surface area contributed by atoms with Gasteiger partial charge in [0.1, 0.15) is 13.2 Å². The number of aromatic nitrogens is 3. The number of aliphatic hydroxyl groups is 1. The molecular formula is C11H17N5O3. The van der Waals surface area contributed by atoms with Crippen LogP contribution in [0.1, 0.15) is 12.7 Å². The summed E-state index contributed by atoms with van der Waals surface area (Å²) in [6, 6.07) is 0. The van der Waals surface area contributed by atoms with Gasteiger partial charge in [-0.25, -0.2) is 4.79 Å². The van der Waals surface area contributed by atoms with Crippen LogP contribution in [0, 0.1) is 0 Å². The number of nitrogens with zero attached hydrogens (tertiary/aromatic N) is 5. The molecule has 0 aliphatic carbocycles. The summed E-state index contributed by atoms with van der Waals surface area (Å²) >= 11 is 0. The first-order valence-electron chi connectivity index (χ1n) is 6.23. The third-order valence-corrected chi connectivity index (χ3v) is 3.87. The lowest BCUT2D eigenvalue weighted by Gasteiger charge is -2.42. The number of anilines is 1. The molecule has 3 rings (SSSR count). The van der Waals surface area contributed by atoms with Gasteiger partial charge in [0.25, 0.3) is 0 Å². The van der Waals surface area contributed by atoms with Crippen molar-refractivity contribution in [1.29, 1.82) is 0 Å². The molecule has 1 N–H and O–H groups in total. The van der Waals surface area contributed by atoms with E-state index >= 15 is 0 Å². The highest BCUT2D eigenvalue weighted by atomic mass is 16.6. The average molecular weight is 267 g/mol. The summed E-state index contributed by atoms with van der Waals surface area (Å²) in [4.78, 5) is 15.4. The summed E-state index contributed by atoms with van der Waals surface area (Å²) in [6.07, 6.45) is -0.240. The van der Waals surface area contributed by atoms with Gasteiger partial charge >= 0.3 is 6.09 Å². The molecule has 1 atom stereocenters. The van der Waals surface area contributed by atoms with Crippen molar-refractivity contribution in [3.8, 4) is 0 Å². The molecule has 8 nitrogen and oxygen atoms in total. The minimum absolute atomic E-state index is 0.137. The maximum absolute atomic E-state index is 11.6. The quantitative estimate of drug-likeness (QED) is 0.765. The molecule has 1 amide bonds. The molecule has 0 radical (unpaired) electrons. The molecule has 2 aliphatic rings. The van der Waals surface area contributed by atoms with Crippen LogP contribution in [0.5, 0.6) is 0 Å². The fourth-order valence-electron chi connectivity index (χ4n) is 2.73. The second-order valence-corrected chi connectivity index (χ2v) is 5.26. The Hall–Kier alpha value is -1.83. The number of hydrogen-bond donors (Lipinski definition) is 1. The summed E-state index contributed by atoms with van der Waals surface area (Å²) in [7, 11) is 1.83. The fraction of sp³-hybridized carbons (Fsp3) is 0.727. The number of amides is 1. The number of aliphatic hydroxyl groups excluding tert-OH is 1. The van der Waals surface area contributed by atoms with E-state index in [1.54, 1.807) is 9.47 Å². The van der Waals surface area contributed by atoms with Crippen LogP contribution in [0.2, 0.25) is 0 Å². The molecule has 104 valence electrons. The van der Waals surface area contributed by atoms with Crippen LogP contribution in [0.25, 0.3) is 0 Å². The smallest absolute Gasteiger partial charge is 0.410 e. The number of carbonyl (C=O) groups is 1. The maximum atomic E-state index is 11.6. The zero-order chi connectivity index (χ0) is 13.6. The Labute approximate surface area is 110 Å². The van der Waals surface area contributed by atoms with E-state index in [0.29, 0.717) is 38.0 Å². The summed E-state index contributed by atoms with van der Waals surface area (Å²) in [6.45, 7) is 4.21. The van der Waals surface area contributed by atoms with Crippen LogP contribution < -0.4 is 4.90 Å². The van der Waals surface area contributed by atoms with E-state index in [4.69, 9.17) is 9.84 Å². The van der Waals surface area contributed by atoms with Gasteiger partial charge in [-0.15, -0.1) is 10.2 Å². The van der Waals surface area contributed by atoms with Crippen LogP contribution in [-0.2, 0) is 18.4 Å². The Morgan fingerprint density at radius 2 is 2.21 bits per heavy atom. The predicted molar refractivity (Wildman–Crippen MR) is 65.6 cm³/mol. The molecule has 2 aliphatic heterocycles. The van der Waals surface area contributed by atoms with Gasteiger partial charge in [-0.3, -0.25) is 9.47 Å². The SMILES string of the molecule is Cn1c(CO)nnc1N1CCN2C(=O)OCC2(C)C1. The molecule has 1 aromatic heterocycles. The van der Waals surface area contributed by atoms with Crippen LogP contribution in [-0.4, -0.2) is 62.6 Å². The van der Waals surface area contributed by atoms with E-state index in [9.17, 15) is 4.79 Å². The highest BCUT2D eigenvalue weighted by molar-refractivity contribution is 5.71. The van der Waals surface area contributed by atoms with Gasteiger partial charge in [-0.1, -0.05) is 0 Å². The number of piperazine rings is 1. The van der Waals surface area contributed by atoms with Gasteiger partial charge in [0.15, 0.2) is 5.82 Å². The van der Waals surface area contributed by atoms with Gasteiger partial charge in [-0.2, -0.15) is 0 Å². The summed E-state index contributed by atoms with van der Waals surface area (Å²) < 4.78 is 6.90. The molecule has 1 unspecified atom stereocenters. The number of rotatable bonds is 2. The third kappa shape index (κ3) is 1.74. The lowest BCUT2D eigenvalue weighted by atomic mass is 9.99. The molecule has 0 spiro atoms. The van der Waals surface area contributed by atoms with E-state index in [2.05, 4.69) is 15.1 Å². The highest BCUT2D eigenvalue weighted by Crippen LogP contribution is 2.30. The minimum atomic E-state index is -0.319. The molecule has 19 heavy (non-hydrogen) atoms. The molecule has 2 fully saturated rings. The zero-order valence-corrected chi connectivity index (χ0v) is 11.0. The largest absolute Gasteiger partial charge is 0.447 e. The molecule has 0 bridgehead atoms. The monoisotopic (exact) mass is 267 g/mol. The molecule has 3 heterocycles. The molecule has 8 heteroatoms. The highest BCUT2D eigenvalue weighted by Gasteiger charge is 2.48. The lowest BCUT2D eigenvalue weighted by Crippen LogP contribution is -2.60. The van der Waals surface area contributed by atoms with Gasteiger partial charge in [0, 0.05) is 26.7 Å². The Kier molecular flexibility index (Phi) is 2.63. The van der Waals surface area contributed by atoms with E-state index in [-0.39, 0.29) is 18.2 Å². The van der Waals surface area contributed by atoms with E-state index in [1.165, 1.54) is 0 Å². The van der Waals surface area contributed by atoms with Crippen LogP contribution in [0.3, 0.4) is 0 Å². The van der Waals surface area contributed by atoms with Crippen molar-refractivity contribution in [1.82, 2.24) is 19.7 Å². The Balaban J connectivity index is 1.84. The predicted octanol–water partition coefficient (Wildman–Crippen LogP) is -0.662. The first-order chi connectivity index (χ1) is 9.05. The number of cyclic esters (lactones) is 1. The first kappa shape index (κ1) is 12.2. The summed E-state index contributed by atoms with van der Waals surface area (Å²) in [5.74, 6) is 1.24. The van der Waals surface area contributed by atoms with Crippen LogP contribution in [0.4, 0.5) is 10.7 Å². The van der Waals surface area contributed by atoms with E-state index in [0.717, 1.165) is 0 Å². The van der Waals surface area contributed by atoms with Crippen molar-refractivity contribution in [2.75, 3.05) is 31.1 Å². The number of fused-ring (bicyclic) bond motifs is 1. The van der Waals surface area contributed by atoms with Gasteiger partial charge < -0.3 is 14.7 Å². The number of hydrogen-bond acceptors (Lipinski definition) is 6. The fourth-order valence-corrected chi connectivity index (χ4v) is 2.73. The summed E-state index contributed by atoms with van der Waals surface area (Å²) in [5.41, 5.74) is -0.319. The topological polar surface area (TPSA) is 83.7 Å². The van der Waals surface area contributed by atoms with Gasteiger partial charge in [0.2, 0.25) is 5.95 Å². The van der Waals surface area contributed by atoms with Crippen molar-refractivity contribution in [3.05, 3.63) is 5.82 Å². The van der Waals surface area contributed by atoms with Crippen molar-refractivity contribution in [2.24, 2.45) is 7.05 Å². The Morgan fingerprint density at radius 3 is 2.89 bits per heavy atom. The first-order valence-corrected chi connectivity index (χ1v) is 6.23. The zero-order valence-electron chi connectivity index (χ0n) is 11.0.